The molecule has 100 valence electrons. The van der Waals surface area contributed by atoms with Gasteiger partial charge in [-0.25, -0.2) is 0 Å². The van der Waals surface area contributed by atoms with Crippen molar-refractivity contribution >= 4 is 5.69 Å². The van der Waals surface area contributed by atoms with Crippen molar-refractivity contribution in [2.24, 2.45) is 0 Å². The quantitative estimate of drug-likeness (QED) is 0.819. The molecular weight excluding hydrogens is 255 g/mol. The van der Waals surface area contributed by atoms with Gasteiger partial charge in [0.2, 0.25) is 0 Å². The van der Waals surface area contributed by atoms with Crippen LogP contribution in [0.4, 0.5) is 18.9 Å². The monoisotopic (exact) mass is 267 g/mol. The second-order valence-electron chi connectivity index (χ2n) is 4.20. The van der Waals surface area contributed by atoms with E-state index in [0.717, 1.165) is 12.1 Å². The number of hydrogen-bond acceptors (Lipinski definition) is 2. The Morgan fingerprint density at radius 3 is 2.37 bits per heavy atom. The number of aliphatic hydroxyl groups is 1. The van der Waals surface area contributed by atoms with Crippen LogP contribution in [-0.2, 0) is 12.8 Å². The average molecular weight is 267 g/mol. The number of alkyl halides is 3. The molecule has 0 atom stereocenters. The maximum atomic E-state index is 12.6. The van der Waals surface area contributed by atoms with Crippen LogP contribution in [0.15, 0.2) is 42.5 Å². The Labute approximate surface area is 108 Å². The summed E-state index contributed by atoms with van der Waals surface area (Å²) in [5.41, 5.74) is 6.88. The Morgan fingerprint density at radius 1 is 1.00 bits per heavy atom. The molecule has 0 aliphatic carbocycles. The number of rotatable bonds is 2. The Morgan fingerprint density at radius 2 is 1.74 bits per heavy atom. The zero-order valence-corrected chi connectivity index (χ0v) is 9.91. The van der Waals surface area contributed by atoms with Crippen LogP contribution in [0.1, 0.15) is 11.1 Å². The molecule has 0 aliphatic rings. The van der Waals surface area contributed by atoms with E-state index in [1.165, 1.54) is 6.07 Å². The highest BCUT2D eigenvalue weighted by Crippen LogP contribution is 2.32. The highest BCUT2D eigenvalue weighted by molar-refractivity contribution is 5.69. The van der Waals surface area contributed by atoms with Crippen LogP contribution in [0.3, 0.4) is 0 Å². The summed E-state index contributed by atoms with van der Waals surface area (Å²) in [7, 11) is 0. The van der Waals surface area contributed by atoms with E-state index < -0.39 is 11.7 Å². The molecular formula is C14H12F3NO. The van der Waals surface area contributed by atoms with Crippen molar-refractivity contribution in [3.63, 3.8) is 0 Å². The van der Waals surface area contributed by atoms with E-state index in [2.05, 4.69) is 0 Å². The Balaban J connectivity index is 2.50. The minimum Gasteiger partial charge on any atom is -0.399 e. The first-order valence-electron chi connectivity index (χ1n) is 5.58. The predicted octanol–water partition coefficient (Wildman–Crippen LogP) is 3.45. The SMILES string of the molecule is Nc1cc(CO)cc(-c2cccc(C(F)(F)F)c2)c1. The second-order valence-corrected chi connectivity index (χ2v) is 4.20. The number of nitrogens with two attached hydrogens (primary N) is 1. The molecule has 2 aromatic carbocycles. The largest absolute Gasteiger partial charge is 0.416 e. The Bertz CT molecular complexity index is 593. The number of aliphatic hydroxyl groups excluding tert-OH is 1. The van der Waals surface area contributed by atoms with Crippen molar-refractivity contribution in [1.29, 1.82) is 0 Å². The summed E-state index contributed by atoms with van der Waals surface area (Å²) >= 11 is 0. The van der Waals surface area contributed by atoms with Gasteiger partial charge in [0.25, 0.3) is 0 Å². The maximum absolute atomic E-state index is 12.6. The molecule has 0 unspecified atom stereocenters. The molecule has 0 spiro atoms. The van der Waals surface area contributed by atoms with Crippen LogP contribution in [0, 0.1) is 0 Å². The normalized spacial score (nSPS) is 11.6. The Hall–Kier alpha value is -2.01. The summed E-state index contributed by atoms with van der Waals surface area (Å²) in [5, 5.41) is 9.08. The zero-order chi connectivity index (χ0) is 14.0. The minimum atomic E-state index is -4.38. The molecule has 2 nitrogen and oxygen atoms in total. The summed E-state index contributed by atoms with van der Waals surface area (Å²) < 4.78 is 37.9. The smallest absolute Gasteiger partial charge is 0.399 e. The molecule has 19 heavy (non-hydrogen) atoms. The molecule has 0 heterocycles. The number of nitrogen functional groups attached to an aromatic ring is 1. The van der Waals surface area contributed by atoms with Crippen LogP contribution in [0.2, 0.25) is 0 Å². The van der Waals surface area contributed by atoms with Crippen LogP contribution in [0.25, 0.3) is 11.1 Å². The minimum absolute atomic E-state index is 0.211. The summed E-state index contributed by atoms with van der Waals surface area (Å²) in [6.07, 6.45) is -4.38. The second kappa shape index (κ2) is 4.93. The highest BCUT2D eigenvalue weighted by atomic mass is 19.4. The van der Waals surface area contributed by atoms with E-state index in [4.69, 9.17) is 10.8 Å². The van der Waals surface area contributed by atoms with Gasteiger partial charge in [-0.1, -0.05) is 12.1 Å². The first-order valence-corrected chi connectivity index (χ1v) is 5.58. The van der Waals surface area contributed by atoms with Crippen molar-refractivity contribution in [2.45, 2.75) is 12.8 Å². The van der Waals surface area contributed by atoms with Crippen LogP contribution in [-0.4, -0.2) is 5.11 Å². The molecule has 2 aromatic rings. The molecule has 0 fully saturated rings. The lowest BCUT2D eigenvalue weighted by Crippen LogP contribution is -2.04. The molecule has 0 saturated carbocycles. The van der Waals surface area contributed by atoms with Gasteiger partial charge in [-0.15, -0.1) is 0 Å². The first kappa shape index (κ1) is 13.4. The van der Waals surface area contributed by atoms with Gasteiger partial charge in [0, 0.05) is 5.69 Å². The van der Waals surface area contributed by atoms with Gasteiger partial charge in [-0.05, 0) is 47.0 Å². The lowest BCUT2D eigenvalue weighted by atomic mass is 10.0. The fourth-order valence-electron chi connectivity index (χ4n) is 1.85. The standard InChI is InChI=1S/C14H12F3NO/c15-14(16,17)12-3-1-2-10(6-12)11-4-9(8-19)5-13(18)7-11/h1-7,19H,8,18H2. The maximum Gasteiger partial charge on any atom is 0.416 e. The zero-order valence-electron chi connectivity index (χ0n) is 9.91. The highest BCUT2D eigenvalue weighted by Gasteiger charge is 2.30. The summed E-state index contributed by atoms with van der Waals surface area (Å²) in [5.74, 6) is 0. The van der Waals surface area contributed by atoms with Crippen molar-refractivity contribution in [3.8, 4) is 11.1 Å². The van der Waals surface area contributed by atoms with Crippen molar-refractivity contribution in [3.05, 3.63) is 53.6 Å². The van der Waals surface area contributed by atoms with E-state index in [-0.39, 0.29) is 6.61 Å². The van der Waals surface area contributed by atoms with E-state index in [1.54, 1.807) is 24.3 Å². The van der Waals surface area contributed by atoms with Gasteiger partial charge in [0.1, 0.15) is 0 Å². The predicted molar refractivity (Wildman–Crippen MR) is 67.2 cm³/mol. The van der Waals surface area contributed by atoms with E-state index >= 15 is 0 Å². The van der Waals surface area contributed by atoms with Gasteiger partial charge >= 0.3 is 6.18 Å². The van der Waals surface area contributed by atoms with Gasteiger partial charge in [-0.3, -0.25) is 0 Å². The molecule has 0 amide bonds. The number of benzene rings is 2. The van der Waals surface area contributed by atoms with Gasteiger partial charge in [0.15, 0.2) is 0 Å². The topological polar surface area (TPSA) is 46.2 Å². The molecule has 3 N–H and O–H groups in total. The van der Waals surface area contributed by atoms with Crippen LogP contribution < -0.4 is 5.73 Å². The fraction of sp³-hybridized carbons (Fsp3) is 0.143. The number of halogens is 3. The van der Waals surface area contributed by atoms with Crippen molar-refractivity contribution < 1.29 is 18.3 Å². The van der Waals surface area contributed by atoms with E-state index in [0.29, 0.717) is 22.4 Å². The molecule has 0 radical (unpaired) electrons. The third kappa shape index (κ3) is 3.06. The molecule has 2 rings (SSSR count). The average Bonchev–Trinajstić information content (AvgIpc) is 2.37. The fourth-order valence-corrected chi connectivity index (χ4v) is 1.85. The molecule has 0 saturated heterocycles. The first-order chi connectivity index (χ1) is 8.90. The van der Waals surface area contributed by atoms with Crippen molar-refractivity contribution in [2.75, 3.05) is 5.73 Å². The molecule has 0 aliphatic heterocycles. The van der Waals surface area contributed by atoms with Crippen molar-refractivity contribution in [1.82, 2.24) is 0 Å². The lowest BCUT2D eigenvalue weighted by molar-refractivity contribution is -0.137. The molecule has 0 bridgehead atoms. The van der Waals surface area contributed by atoms with E-state index in [1.807, 2.05) is 0 Å². The summed E-state index contributed by atoms with van der Waals surface area (Å²) in [6.45, 7) is -0.211. The number of hydrogen-bond donors (Lipinski definition) is 2. The third-order valence-corrected chi connectivity index (χ3v) is 2.72. The summed E-state index contributed by atoms with van der Waals surface area (Å²) in [4.78, 5) is 0. The van der Waals surface area contributed by atoms with Gasteiger partial charge < -0.3 is 10.8 Å². The molecule has 0 aromatic heterocycles. The van der Waals surface area contributed by atoms with Gasteiger partial charge in [0.05, 0.1) is 12.2 Å². The van der Waals surface area contributed by atoms with Crippen LogP contribution in [0.5, 0.6) is 0 Å². The molecule has 5 heteroatoms. The Kier molecular flexibility index (Phi) is 3.48. The lowest BCUT2D eigenvalue weighted by Gasteiger charge is -2.10. The van der Waals surface area contributed by atoms with Crippen LogP contribution >= 0.6 is 0 Å². The number of anilines is 1. The third-order valence-electron chi connectivity index (χ3n) is 2.72. The van der Waals surface area contributed by atoms with E-state index in [9.17, 15) is 13.2 Å². The van der Waals surface area contributed by atoms with Gasteiger partial charge in [-0.2, -0.15) is 13.2 Å². The summed E-state index contributed by atoms with van der Waals surface area (Å²) in [6, 6.07) is 9.78.